The first-order chi connectivity index (χ1) is 14.5. The van der Waals surface area contributed by atoms with Crippen LogP contribution in [0.2, 0.25) is 0 Å². The first kappa shape index (κ1) is 19.1. The number of H-pyrrole nitrogens is 1. The van der Waals surface area contributed by atoms with E-state index in [0.29, 0.717) is 18.0 Å². The molecule has 1 saturated carbocycles. The maximum atomic E-state index is 12.6. The second kappa shape index (κ2) is 7.43. The summed E-state index contributed by atoms with van der Waals surface area (Å²) in [5.74, 6) is 1.28. The summed E-state index contributed by atoms with van der Waals surface area (Å²) in [7, 11) is -3.43. The fourth-order valence-corrected chi connectivity index (χ4v) is 5.75. The second-order valence-corrected chi connectivity index (χ2v) is 9.63. The van der Waals surface area contributed by atoms with Crippen LogP contribution in [0.3, 0.4) is 0 Å². The van der Waals surface area contributed by atoms with Gasteiger partial charge in [0.2, 0.25) is 10.0 Å². The van der Waals surface area contributed by atoms with Crippen molar-refractivity contribution >= 4 is 26.8 Å². The standard InChI is InChI=1S/C18H23N9O2S/c1-2-12-7-13(25-30(28,29)6-5-26-11-19-10-22-26)8-14(12)18-24-23-16-9-21-17-15(27(16)18)3-4-20-17/h3-4,9-14,20,25H,2,5-8H2,1H3/t12-,13+,14+/m1/s1. The summed E-state index contributed by atoms with van der Waals surface area (Å²) in [6, 6.07) is 1.83. The summed E-state index contributed by atoms with van der Waals surface area (Å²) < 4.78 is 31.7. The number of hydrogen-bond donors (Lipinski definition) is 2. The van der Waals surface area contributed by atoms with Crippen molar-refractivity contribution in [2.24, 2.45) is 5.92 Å². The lowest BCUT2D eigenvalue weighted by Crippen LogP contribution is -2.36. The molecular weight excluding hydrogens is 406 g/mol. The van der Waals surface area contributed by atoms with Crippen LogP contribution in [0.5, 0.6) is 0 Å². The highest BCUT2D eigenvalue weighted by Crippen LogP contribution is 2.41. The van der Waals surface area contributed by atoms with E-state index in [-0.39, 0.29) is 24.3 Å². The molecule has 1 aliphatic rings. The van der Waals surface area contributed by atoms with Crippen molar-refractivity contribution in [2.45, 2.75) is 44.7 Å². The molecule has 4 heterocycles. The lowest BCUT2D eigenvalue weighted by molar-refractivity contribution is 0.449. The van der Waals surface area contributed by atoms with Crippen LogP contribution < -0.4 is 4.72 Å². The number of sulfonamides is 1. The minimum Gasteiger partial charge on any atom is -0.345 e. The van der Waals surface area contributed by atoms with Gasteiger partial charge >= 0.3 is 0 Å². The zero-order chi connectivity index (χ0) is 20.7. The molecule has 12 heteroatoms. The maximum absolute atomic E-state index is 12.6. The molecule has 0 bridgehead atoms. The molecule has 158 valence electrons. The van der Waals surface area contributed by atoms with Crippen molar-refractivity contribution in [3.8, 4) is 0 Å². The van der Waals surface area contributed by atoms with Gasteiger partial charge in [-0.05, 0) is 24.8 Å². The molecular formula is C18H23N9O2S. The van der Waals surface area contributed by atoms with Crippen LogP contribution in [0, 0.1) is 5.92 Å². The molecule has 11 nitrogen and oxygen atoms in total. The first-order valence-corrected chi connectivity index (χ1v) is 11.7. The van der Waals surface area contributed by atoms with E-state index >= 15 is 0 Å². The number of hydrogen-bond acceptors (Lipinski definition) is 7. The molecule has 1 fully saturated rings. The fraction of sp³-hybridized carbons (Fsp3) is 0.500. The number of aromatic amines is 1. The van der Waals surface area contributed by atoms with Gasteiger partial charge in [-0.1, -0.05) is 13.3 Å². The summed E-state index contributed by atoms with van der Waals surface area (Å²) in [5.41, 5.74) is 2.41. The number of fused-ring (bicyclic) bond motifs is 3. The Labute approximate surface area is 173 Å². The van der Waals surface area contributed by atoms with Gasteiger partial charge in [0.25, 0.3) is 0 Å². The van der Waals surface area contributed by atoms with E-state index in [4.69, 9.17) is 0 Å². The summed E-state index contributed by atoms with van der Waals surface area (Å²) in [5, 5.41) is 12.7. The van der Waals surface area contributed by atoms with Crippen LogP contribution >= 0.6 is 0 Å². The van der Waals surface area contributed by atoms with Gasteiger partial charge in [0.05, 0.1) is 24.0 Å². The molecule has 2 N–H and O–H groups in total. The van der Waals surface area contributed by atoms with Crippen LogP contribution in [0.1, 0.15) is 37.9 Å². The molecule has 0 unspecified atom stereocenters. The van der Waals surface area contributed by atoms with E-state index in [2.05, 4.69) is 41.9 Å². The van der Waals surface area contributed by atoms with E-state index in [1.807, 2.05) is 16.7 Å². The topological polar surface area (TPSA) is 136 Å². The average Bonchev–Trinajstić information content (AvgIpc) is 3.50. The van der Waals surface area contributed by atoms with Gasteiger partial charge in [0.15, 0.2) is 11.3 Å². The minimum atomic E-state index is -3.43. The van der Waals surface area contributed by atoms with Gasteiger partial charge in [-0.2, -0.15) is 5.10 Å². The monoisotopic (exact) mass is 429 g/mol. The van der Waals surface area contributed by atoms with Crippen LogP contribution in [0.25, 0.3) is 16.8 Å². The highest BCUT2D eigenvalue weighted by molar-refractivity contribution is 7.89. The maximum Gasteiger partial charge on any atom is 0.213 e. The summed E-state index contributed by atoms with van der Waals surface area (Å²) in [4.78, 5) is 11.3. The SMILES string of the molecule is CC[C@@H]1C[C@H](NS(=O)(=O)CCn2cncn2)C[C@@H]1c1nnc2cnc3[nH]ccc3n12. The van der Waals surface area contributed by atoms with E-state index < -0.39 is 10.0 Å². The third kappa shape index (κ3) is 3.45. The molecule has 0 amide bonds. The van der Waals surface area contributed by atoms with Crippen LogP contribution in [0.4, 0.5) is 0 Å². The molecule has 1 aliphatic carbocycles. The molecule has 5 rings (SSSR count). The number of nitrogens with zero attached hydrogens (tertiary/aromatic N) is 7. The van der Waals surface area contributed by atoms with Gasteiger partial charge in [0, 0.05) is 18.2 Å². The Balaban J connectivity index is 1.37. The quantitative estimate of drug-likeness (QED) is 0.449. The molecule has 30 heavy (non-hydrogen) atoms. The largest absolute Gasteiger partial charge is 0.345 e. The Hall–Kier alpha value is -2.86. The van der Waals surface area contributed by atoms with E-state index in [9.17, 15) is 8.42 Å². The van der Waals surface area contributed by atoms with Crippen molar-refractivity contribution < 1.29 is 8.42 Å². The zero-order valence-electron chi connectivity index (χ0n) is 16.5. The number of nitrogens with one attached hydrogen (secondary N) is 2. The molecule has 0 aliphatic heterocycles. The van der Waals surface area contributed by atoms with Gasteiger partial charge in [-0.3, -0.25) is 9.08 Å². The van der Waals surface area contributed by atoms with Crippen molar-refractivity contribution in [2.75, 3.05) is 5.75 Å². The lowest BCUT2D eigenvalue weighted by Gasteiger charge is -2.16. The van der Waals surface area contributed by atoms with Gasteiger partial charge in [-0.25, -0.2) is 23.1 Å². The van der Waals surface area contributed by atoms with Crippen LogP contribution in [0.15, 0.2) is 31.1 Å². The highest BCUT2D eigenvalue weighted by Gasteiger charge is 2.38. The molecule has 0 aromatic carbocycles. The zero-order valence-corrected chi connectivity index (χ0v) is 17.3. The highest BCUT2D eigenvalue weighted by atomic mass is 32.2. The second-order valence-electron chi connectivity index (χ2n) is 7.76. The summed E-state index contributed by atoms with van der Waals surface area (Å²) in [6.45, 7) is 2.41. The molecule has 0 saturated heterocycles. The van der Waals surface area contributed by atoms with Gasteiger partial charge in [0.1, 0.15) is 18.5 Å². The first-order valence-electron chi connectivity index (χ1n) is 10.0. The molecule has 4 aromatic heterocycles. The Kier molecular flexibility index (Phi) is 4.74. The Bertz CT molecular complexity index is 1260. The Morgan fingerprint density at radius 2 is 2.20 bits per heavy atom. The average molecular weight is 430 g/mol. The minimum absolute atomic E-state index is 0.0299. The van der Waals surface area contributed by atoms with Crippen molar-refractivity contribution in [3.05, 3.63) is 36.9 Å². The van der Waals surface area contributed by atoms with Gasteiger partial charge in [-0.15, -0.1) is 10.2 Å². The lowest BCUT2D eigenvalue weighted by atomic mass is 9.93. The normalized spacial score (nSPS) is 22.4. The number of aromatic nitrogens is 8. The molecule has 4 aromatic rings. The third-order valence-corrected chi connectivity index (χ3v) is 7.33. The molecule has 0 radical (unpaired) electrons. The summed E-state index contributed by atoms with van der Waals surface area (Å²) in [6.07, 6.45) is 8.87. The van der Waals surface area contributed by atoms with Crippen LogP contribution in [-0.4, -0.2) is 59.5 Å². The van der Waals surface area contributed by atoms with Crippen molar-refractivity contribution in [1.82, 2.24) is 44.1 Å². The fourth-order valence-electron chi connectivity index (χ4n) is 4.50. The number of aryl methyl sites for hydroxylation is 1. The number of rotatable bonds is 7. The van der Waals surface area contributed by atoms with Gasteiger partial charge < -0.3 is 4.98 Å². The van der Waals surface area contributed by atoms with E-state index in [1.165, 1.54) is 17.3 Å². The van der Waals surface area contributed by atoms with E-state index in [0.717, 1.165) is 29.8 Å². The Morgan fingerprint density at radius 1 is 1.30 bits per heavy atom. The smallest absolute Gasteiger partial charge is 0.213 e. The predicted octanol–water partition coefficient (Wildman–Crippen LogP) is 1.09. The third-order valence-electron chi connectivity index (χ3n) is 5.92. The Morgan fingerprint density at radius 3 is 3.00 bits per heavy atom. The van der Waals surface area contributed by atoms with Crippen molar-refractivity contribution in [3.63, 3.8) is 0 Å². The molecule has 3 atom stereocenters. The van der Waals surface area contributed by atoms with Crippen LogP contribution in [-0.2, 0) is 16.6 Å². The van der Waals surface area contributed by atoms with Crippen molar-refractivity contribution in [1.29, 1.82) is 0 Å². The summed E-state index contributed by atoms with van der Waals surface area (Å²) >= 11 is 0. The molecule has 0 spiro atoms. The predicted molar refractivity (Wildman–Crippen MR) is 109 cm³/mol. The van der Waals surface area contributed by atoms with E-state index in [1.54, 1.807) is 6.20 Å².